The molecule has 10 heteroatoms. The van der Waals surface area contributed by atoms with Gasteiger partial charge in [0.2, 0.25) is 0 Å². The van der Waals surface area contributed by atoms with Gasteiger partial charge in [0.05, 0.1) is 22.7 Å². The lowest BCUT2D eigenvalue weighted by atomic mass is 9.90. The molecule has 0 saturated carbocycles. The zero-order valence-electron chi connectivity index (χ0n) is 27.9. The van der Waals surface area contributed by atoms with Gasteiger partial charge in [0.1, 0.15) is 17.6 Å². The Bertz CT molecular complexity index is 1670. The molecule has 0 aromatic heterocycles. The van der Waals surface area contributed by atoms with Gasteiger partial charge in [-0.2, -0.15) is 0 Å². The summed E-state index contributed by atoms with van der Waals surface area (Å²) >= 11 is 3.03. The quantitative estimate of drug-likeness (QED) is 0.149. The lowest BCUT2D eigenvalue weighted by molar-refractivity contribution is -0.137. The minimum atomic E-state index is -0.934. The number of halogens is 2. The van der Waals surface area contributed by atoms with Crippen LogP contribution in [0.5, 0.6) is 0 Å². The Morgan fingerprint density at radius 2 is 1.04 bits per heavy atom. The van der Waals surface area contributed by atoms with Crippen molar-refractivity contribution in [2.75, 3.05) is 62.2 Å². The molecule has 2 aliphatic rings. The first-order valence-corrected chi connectivity index (χ1v) is 18.3. The first kappa shape index (κ1) is 34.3. The highest BCUT2D eigenvalue weighted by Gasteiger charge is 2.31. The summed E-state index contributed by atoms with van der Waals surface area (Å²) in [5.74, 6) is -2.40. The number of likely N-dealkylation sites (N-methyl/N-ethyl adjacent to an activating group) is 2. The second kappa shape index (κ2) is 14.9. The molecule has 0 fully saturated rings. The van der Waals surface area contributed by atoms with Crippen molar-refractivity contribution >= 4 is 52.2 Å². The molecule has 0 unspecified atom stereocenters. The van der Waals surface area contributed by atoms with Crippen molar-refractivity contribution < 1.29 is 18.7 Å². The van der Waals surface area contributed by atoms with E-state index < -0.39 is 11.9 Å². The van der Waals surface area contributed by atoms with Crippen LogP contribution in [-0.2, 0) is 4.79 Å². The molecule has 2 heterocycles. The molecule has 4 aromatic rings. The van der Waals surface area contributed by atoms with E-state index in [9.17, 15) is 18.7 Å². The Kier molecular flexibility index (Phi) is 10.6. The molecule has 0 saturated heterocycles. The largest absolute Gasteiger partial charge is 0.481 e. The molecule has 0 bridgehead atoms. The van der Waals surface area contributed by atoms with Gasteiger partial charge in [0, 0.05) is 45.8 Å². The molecule has 6 rings (SSSR count). The van der Waals surface area contributed by atoms with E-state index in [0.717, 1.165) is 81.6 Å². The minimum absolute atomic E-state index is 0.277. The summed E-state index contributed by atoms with van der Waals surface area (Å²) in [6.07, 6.45) is 0. The second-order valence-corrected chi connectivity index (χ2v) is 14.2. The second-order valence-electron chi connectivity index (χ2n) is 12.0. The average molecular weight is 689 g/mol. The summed E-state index contributed by atoms with van der Waals surface area (Å²) in [5, 5.41) is 10.7. The maximum absolute atomic E-state index is 14.3. The van der Waals surface area contributed by atoms with Crippen molar-refractivity contribution in [1.82, 2.24) is 9.80 Å². The molecule has 0 aliphatic carbocycles. The number of nitrogens with zero attached hydrogens (tertiary/aromatic N) is 4. The van der Waals surface area contributed by atoms with Gasteiger partial charge in [-0.15, -0.1) is 0 Å². The standard InChI is InChI=1S/C38H42F2N4O2S2/c1-5-41(6-2)17-19-43-29-13-11-27(39)23-35(29)47-33-15-9-25(21-31(33)43)37(38(45)46)26-10-16-34-32(22-26)44(20-18-42(7-3)8-4)30-14-12-28(40)24-36(30)48-34/h9-16,21-24,37H,5-8,17-20H2,1-4H3,(H,45,46). The van der Waals surface area contributed by atoms with Crippen molar-refractivity contribution in [2.24, 2.45) is 0 Å². The van der Waals surface area contributed by atoms with Crippen LogP contribution in [-0.4, -0.2) is 73.2 Å². The van der Waals surface area contributed by atoms with Gasteiger partial charge < -0.3 is 24.7 Å². The van der Waals surface area contributed by atoms with E-state index in [1.165, 1.54) is 35.7 Å². The topological polar surface area (TPSA) is 50.3 Å². The van der Waals surface area contributed by atoms with Crippen molar-refractivity contribution in [3.63, 3.8) is 0 Å². The van der Waals surface area contributed by atoms with Crippen LogP contribution in [0.1, 0.15) is 44.7 Å². The Balaban J connectivity index is 1.39. The Morgan fingerprint density at radius 3 is 1.42 bits per heavy atom. The normalized spacial score (nSPS) is 13.5. The van der Waals surface area contributed by atoms with Crippen LogP contribution in [0.15, 0.2) is 92.4 Å². The third kappa shape index (κ3) is 6.94. The third-order valence-corrected chi connectivity index (χ3v) is 11.6. The number of hydrogen-bond donors (Lipinski definition) is 1. The van der Waals surface area contributed by atoms with Gasteiger partial charge in [-0.3, -0.25) is 4.79 Å². The van der Waals surface area contributed by atoms with Crippen LogP contribution in [0.4, 0.5) is 31.5 Å². The number of aliphatic carboxylic acids is 1. The van der Waals surface area contributed by atoms with E-state index >= 15 is 0 Å². The number of carboxylic acids is 1. The molecule has 0 atom stereocenters. The van der Waals surface area contributed by atoms with Crippen LogP contribution < -0.4 is 9.80 Å². The van der Waals surface area contributed by atoms with E-state index in [1.54, 1.807) is 12.1 Å². The number of benzene rings is 4. The molecule has 4 aromatic carbocycles. The molecule has 1 N–H and O–H groups in total. The molecule has 252 valence electrons. The molecule has 2 aliphatic heterocycles. The summed E-state index contributed by atoms with van der Waals surface area (Å²) in [7, 11) is 0. The number of carboxylic acid groups (broad SMARTS) is 1. The fourth-order valence-corrected chi connectivity index (χ4v) is 8.83. The molecular formula is C38H42F2N4O2S2. The predicted molar refractivity (Wildman–Crippen MR) is 193 cm³/mol. The van der Waals surface area contributed by atoms with E-state index in [2.05, 4.69) is 47.3 Å². The molecule has 48 heavy (non-hydrogen) atoms. The predicted octanol–water partition coefficient (Wildman–Crippen LogP) is 9.07. The first-order valence-electron chi connectivity index (χ1n) is 16.7. The number of rotatable bonds is 13. The van der Waals surface area contributed by atoms with Gasteiger partial charge in [-0.1, -0.05) is 63.4 Å². The Morgan fingerprint density at radius 1 is 0.625 bits per heavy atom. The number of carbonyl (C=O) groups is 1. The maximum Gasteiger partial charge on any atom is 0.315 e. The average Bonchev–Trinajstić information content (AvgIpc) is 3.08. The number of hydrogen-bond acceptors (Lipinski definition) is 7. The molecule has 0 spiro atoms. The molecule has 0 radical (unpaired) electrons. The number of fused-ring (bicyclic) bond motifs is 4. The summed E-state index contributed by atoms with van der Waals surface area (Å²) in [6, 6.07) is 21.5. The van der Waals surface area contributed by atoms with Gasteiger partial charge in [0.25, 0.3) is 0 Å². The molecular weight excluding hydrogens is 647 g/mol. The fraction of sp³-hybridized carbons (Fsp3) is 0.342. The van der Waals surface area contributed by atoms with Crippen LogP contribution >= 0.6 is 23.5 Å². The maximum atomic E-state index is 14.3. The van der Waals surface area contributed by atoms with Crippen molar-refractivity contribution in [1.29, 1.82) is 0 Å². The van der Waals surface area contributed by atoms with Crippen molar-refractivity contribution in [2.45, 2.75) is 53.2 Å². The minimum Gasteiger partial charge on any atom is -0.481 e. The lowest BCUT2D eigenvalue weighted by Gasteiger charge is -2.35. The molecule has 0 amide bonds. The van der Waals surface area contributed by atoms with E-state index in [0.29, 0.717) is 24.2 Å². The highest BCUT2D eigenvalue weighted by atomic mass is 32.2. The third-order valence-electron chi connectivity index (χ3n) is 9.39. The molecule has 6 nitrogen and oxygen atoms in total. The van der Waals surface area contributed by atoms with Gasteiger partial charge in [-0.05, 0) is 98.0 Å². The Hall–Kier alpha value is -3.57. The first-order chi connectivity index (χ1) is 23.2. The van der Waals surface area contributed by atoms with Crippen LogP contribution in [0.2, 0.25) is 0 Å². The van der Waals surface area contributed by atoms with Crippen LogP contribution in [0.25, 0.3) is 0 Å². The SMILES string of the molecule is CCN(CC)CCN1c2ccc(F)cc2Sc2ccc(C(C(=O)O)c3ccc4c(c3)N(CCN(CC)CC)c3ccc(F)cc3S4)cc21. The zero-order chi connectivity index (χ0) is 33.9. The Labute approximate surface area is 290 Å². The van der Waals surface area contributed by atoms with E-state index in [-0.39, 0.29) is 11.6 Å². The smallest absolute Gasteiger partial charge is 0.315 e. The lowest BCUT2D eigenvalue weighted by Crippen LogP contribution is -2.34. The summed E-state index contributed by atoms with van der Waals surface area (Å²) in [4.78, 5) is 25.9. The highest BCUT2D eigenvalue weighted by Crippen LogP contribution is 2.51. The summed E-state index contributed by atoms with van der Waals surface area (Å²) in [5.41, 5.74) is 5.08. The summed E-state index contributed by atoms with van der Waals surface area (Å²) in [6.45, 7) is 15.3. The number of anilines is 4. The van der Waals surface area contributed by atoms with Gasteiger partial charge >= 0.3 is 5.97 Å². The van der Waals surface area contributed by atoms with Crippen LogP contribution in [0.3, 0.4) is 0 Å². The zero-order valence-corrected chi connectivity index (χ0v) is 29.5. The van der Waals surface area contributed by atoms with Gasteiger partial charge in [0.15, 0.2) is 0 Å². The van der Waals surface area contributed by atoms with Crippen molar-refractivity contribution in [3.8, 4) is 0 Å². The summed E-state index contributed by atoms with van der Waals surface area (Å²) < 4.78 is 28.6. The highest BCUT2D eigenvalue weighted by molar-refractivity contribution is 8.00. The van der Waals surface area contributed by atoms with E-state index in [1.807, 2.05) is 48.5 Å². The monoisotopic (exact) mass is 688 g/mol. The fourth-order valence-electron chi connectivity index (χ4n) is 6.63. The van der Waals surface area contributed by atoms with Crippen molar-refractivity contribution in [3.05, 3.63) is 95.6 Å². The van der Waals surface area contributed by atoms with Crippen LogP contribution in [0, 0.1) is 11.6 Å². The van der Waals surface area contributed by atoms with E-state index in [4.69, 9.17) is 0 Å². The van der Waals surface area contributed by atoms with Gasteiger partial charge in [-0.25, -0.2) is 8.78 Å².